The van der Waals surface area contributed by atoms with Crippen molar-refractivity contribution in [2.45, 2.75) is 0 Å². The minimum Gasteiger partial charge on any atom is -0.407 e. The second-order valence-corrected chi connectivity index (χ2v) is 10.9. The first-order chi connectivity index (χ1) is 13.6. The van der Waals surface area contributed by atoms with Gasteiger partial charge in [0.1, 0.15) is 17.2 Å². The zero-order chi connectivity index (χ0) is 21.2. The van der Waals surface area contributed by atoms with E-state index in [1.807, 2.05) is 0 Å². The highest BCUT2D eigenvalue weighted by atomic mass is 35.5. The van der Waals surface area contributed by atoms with Crippen LogP contribution in [0.2, 0.25) is 30.1 Å². The molecule has 3 rings (SSSR count). The molecule has 0 heterocycles. The van der Waals surface area contributed by atoms with Crippen molar-refractivity contribution in [1.82, 2.24) is 0 Å². The van der Waals surface area contributed by atoms with Crippen molar-refractivity contribution in [3.63, 3.8) is 0 Å². The smallest absolute Gasteiger partial charge is 0.407 e. The van der Waals surface area contributed by atoms with Gasteiger partial charge in [0.05, 0.1) is 0 Å². The predicted octanol–water partition coefficient (Wildman–Crippen LogP) is 9.37. The van der Waals surface area contributed by atoms with Crippen LogP contribution in [0.3, 0.4) is 0 Å². The lowest BCUT2D eigenvalue weighted by Crippen LogP contribution is -2.07. The Morgan fingerprint density at radius 3 is 0.862 bits per heavy atom. The molecule has 0 aliphatic heterocycles. The Morgan fingerprint density at radius 1 is 0.448 bits per heavy atom. The lowest BCUT2D eigenvalue weighted by Gasteiger charge is -2.23. The number of rotatable bonds is 6. The van der Waals surface area contributed by atoms with Gasteiger partial charge in [0.25, 0.3) is 0 Å². The fourth-order valence-corrected chi connectivity index (χ4v) is 5.68. The summed E-state index contributed by atoms with van der Waals surface area (Å²) in [7, 11) is 0. The van der Waals surface area contributed by atoms with Crippen LogP contribution in [0, 0.1) is 0 Å². The fourth-order valence-electron chi connectivity index (χ4n) is 2.19. The first-order valence-electron chi connectivity index (χ1n) is 7.67. The molecule has 3 nitrogen and oxygen atoms in total. The predicted molar refractivity (Wildman–Crippen MR) is 126 cm³/mol. The molecule has 0 bridgehead atoms. The van der Waals surface area contributed by atoms with Crippen molar-refractivity contribution >= 4 is 88.1 Å². The van der Waals surface area contributed by atoms with E-state index in [9.17, 15) is 0 Å². The summed E-state index contributed by atoms with van der Waals surface area (Å²) in [6, 6.07) is 13.8. The molecule has 0 radical (unpaired) electrons. The molecule has 0 spiro atoms. The molecule has 0 N–H and O–H groups in total. The first kappa shape index (κ1) is 23.1. The Morgan fingerprint density at radius 2 is 0.655 bits per heavy atom. The average Bonchev–Trinajstić information content (AvgIpc) is 2.50. The van der Waals surface area contributed by atoms with Crippen LogP contribution in [0.25, 0.3) is 0 Å². The second kappa shape index (κ2) is 9.72. The molecular formula is C18H9Cl6O3PS. The molecule has 0 unspecified atom stereocenters. The van der Waals surface area contributed by atoms with Crippen LogP contribution in [-0.4, -0.2) is 0 Å². The molecule has 152 valence electrons. The van der Waals surface area contributed by atoms with Crippen molar-refractivity contribution in [1.29, 1.82) is 0 Å². The summed E-state index contributed by atoms with van der Waals surface area (Å²) in [4.78, 5) is 0. The average molecular weight is 549 g/mol. The lowest BCUT2D eigenvalue weighted by molar-refractivity contribution is 0.384. The van der Waals surface area contributed by atoms with Gasteiger partial charge in [-0.1, -0.05) is 69.6 Å². The summed E-state index contributed by atoms with van der Waals surface area (Å²) in [6.07, 6.45) is 0. The molecule has 0 aliphatic rings. The van der Waals surface area contributed by atoms with Crippen LogP contribution < -0.4 is 13.6 Å². The van der Waals surface area contributed by atoms with Crippen molar-refractivity contribution in [3.8, 4) is 17.2 Å². The van der Waals surface area contributed by atoms with Crippen molar-refractivity contribution in [2.75, 3.05) is 0 Å². The van der Waals surface area contributed by atoms with Gasteiger partial charge in [-0.05, 0) is 54.6 Å². The molecule has 0 saturated carbocycles. The molecule has 0 atom stereocenters. The van der Waals surface area contributed by atoms with E-state index in [-0.39, 0.29) is 17.2 Å². The van der Waals surface area contributed by atoms with E-state index in [4.69, 9.17) is 95.0 Å². The molecular weight excluding hydrogens is 540 g/mol. The van der Waals surface area contributed by atoms with E-state index in [2.05, 4.69) is 0 Å². The minimum atomic E-state index is -3.52. The van der Waals surface area contributed by atoms with Crippen LogP contribution in [0.4, 0.5) is 0 Å². The molecule has 3 aromatic carbocycles. The van der Waals surface area contributed by atoms with Gasteiger partial charge in [0.2, 0.25) is 0 Å². The molecule has 29 heavy (non-hydrogen) atoms. The monoisotopic (exact) mass is 546 g/mol. The third kappa shape index (κ3) is 6.99. The topological polar surface area (TPSA) is 27.7 Å². The molecule has 11 heteroatoms. The van der Waals surface area contributed by atoms with E-state index in [0.29, 0.717) is 30.1 Å². The van der Waals surface area contributed by atoms with Gasteiger partial charge in [-0.2, -0.15) is 0 Å². The van der Waals surface area contributed by atoms with Crippen LogP contribution >= 0.6 is 76.3 Å². The van der Waals surface area contributed by atoms with Gasteiger partial charge in [0.15, 0.2) is 0 Å². The van der Waals surface area contributed by atoms with Gasteiger partial charge >= 0.3 is 6.72 Å². The molecule has 3 aromatic rings. The maximum absolute atomic E-state index is 6.04. The molecule has 0 saturated heterocycles. The molecule has 0 aromatic heterocycles. The second-order valence-electron chi connectivity index (χ2n) is 5.54. The summed E-state index contributed by atoms with van der Waals surface area (Å²) in [5, 5.41) is 2.11. The Kier molecular flexibility index (Phi) is 7.75. The zero-order valence-corrected chi connectivity index (χ0v) is 20.3. The van der Waals surface area contributed by atoms with Gasteiger partial charge < -0.3 is 13.6 Å². The SMILES string of the molecule is S=P(Oc1cc(Cl)cc(Cl)c1)(Oc1cc(Cl)cc(Cl)c1)Oc1cc(Cl)cc(Cl)c1. The third-order valence-corrected chi connectivity index (χ3v) is 6.44. The molecule has 0 aliphatic carbocycles. The standard InChI is InChI=1S/C18H9Cl6O3PS/c19-10-1-11(20)5-16(4-10)25-28(29,26-17-6-12(21)2-13(22)7-17)27-18-8-14(23)3-15(24)9-18/h1-9H. The number of benzene rings is 3. The summed E-state index contributed by atoms with van der Waals surface area (Å²) in [5.74, 6) is 0.770. The van der Waals surface area contributed by atoms with Crippen LogP contribution in [-0.2, 0) is 11.8 Å². The van der Waals surface area contributed by atoms with Gasteiger partial charge in [-0.25, -0.2) is 0 Å². The van der Waals surface area contributed by atoms with Crippen LogP contribution in [0.5, 0.6) is 17.2 Å². The lowest BCUT2D eigenvalue weighted by atomic mass is 10.3. The third-order valence-electron chi connectivity index (χ3n) is 3.16. The van der Waals surface area contributed by atoms with Crippen molar-refractivity contribution in [3.05, 3.63) is 84.7 Å². The first-order valence-corrected chi connectivity index (χ1v) is 12.5. The highest BCUT2D eigenvalue weighted by Gasteiger charge is 2.28. The largest absolute Gasteiger partial charge is 0.490 e. The van der Waals surface area contributed by atoms with Crippen LogP contribution in [0.1, 0.15) is 0 Å². The fraction of sp³-hybridized carbons (Fsp3) is 0. The number of hydrogen-bond donors (Lipinski definition) is 0. The van der Waals surface area contributed by atoms with E-state index in [0.717, 1.165) is 0 Å². The summed E-state index contributed by atoms with van der Waals surface area (Å²) >= 11 is 41.9. The van der Waals surface area contributed by atoms with Gasteiger partial charge in [-0.3, -0.25) is 0 Å². The van der Waals surface area contributed by atoms with Gasteiger partial charge in [0, 0.05) is 41.9 Å². The van der Waals surface area contributed by atoms with Crippen molar-refractivity contribution < 1.29 is 13.6 Å². The summed E-state index contributed by atoms with van der Waals surface area (Å²) in [5.41, 5.74) is 0. The molecule has 0 amide bonds. The van der Waals surface area contributed by atoms with Gasteiger partial charge in [-0.15, -0.1) is 0 Å². The highest BCUT2D eigenvalue weighted by molar-refractivity contribution is 8.08. The van der Waals surface area contributed by atoms with Crippen LogP contribution in [0.15, 0.2) is 54.6 Å². The maximum atomic E-state index is 6.04. The Labute approximate surface area is 202 Å². The van der Waals surface area contributed by atoms with E-state index in [1.54, 1.807) is 18.2 Å². The normalized spacial score (nSPS) is 11.2. The van der Waals surface area contributed by atoms with Crippen molar-refractivity contribution in [2.24, 2.45) is 0 Å². The summed E-state index contributed by atoms with van der Waals surface area (Å²) < 4.78 is 17.6. The minimum absolute atomic E-state index is 0.257. The maximum Gasteiger partial charge on any atom is 0.490 e. The highest BCUT2D eigenvalue weighted by Crippen LogP contribution is 2.51. The zero-order valence-electron chi connectivity index (χ0n) is 14.0. The van der Waals surface area contributed by atoms with E-state index >= 15 is 0 Å². The number of halogens is 6. The Balaban J connectivity index is 2.00. The Hall–Kier alpha value is -0.550. The van der Waals surface area contributed by atoms with E-state index in [1.165, 1.54) is 36.4 Å². The quantitative estimate of drug-likeness (QED) is 0.287. The Bertz CT molecular complexity index is 913. The molecule has 0 fully saturated rings. The number of hydrogen-bond acceptors (Lipinski definition) is 4. The summed E-state index contributed by atoms with van der Waals surface area (Å²) in [6.45, 7) is -3.52. The van der Waals surface area contributed by atoms with E-state index < -0.39 is 6.72 Å².